The lowest BCUT2D eigenvalue weighted by molar-refractivity contribution is -0.140. The molecule has 1 aromatic carbocycles. The molecule has 1 atom stereocenters. The minimum absolute atomic E-state index is 0.299. The molecule has 0 radical (unpaired) electrons. The van der Waals surface area contributed by atoms with Gasteiger partial charge in [-0.2, -0.15) is 0 Å². The van der Waals surface area contributed by atoms with Crippen LogP contribution in [0.4, 0.5) is 5.95 Å². The van der Waals surface area contributed by atoms with Gasteiger partial charge >= 0.3 is 5.97 Å². The Morgan fingerprint density at radius 2 is 1.85 bits per heavy atom. The maximum atomic E-state index is 10.7. The summed E-state index contributed by atoms with van der Waals surface area (Å²) in [6.07, 6.45) is 3.42. The Bertz CT molecular complexity index is 584. The van der Waals surface area contributed by atoms with Crippen LogP contribution in [-0.4, -0.2) is 27.6 Å². The second-order valence-electron chi connectivity index (χ2n) is 4.42. The van der Waals surface area contributed by atoms with E-state index < -0.39 is 11.9 Å². The highest BCUT2D eigenvalue weighted by molar-refractivity contribution is 9.10. The number of nitrogens with zero attached hydrogens (tertiary/aromatic N) is 2. The predicted molar refractivity (Wildman–Crippen MR) is 80.5 cm³/mol. The van der Waals surface area contributed by atoms with Gasteiger partial charge in [-0.15, -0.1) is 0 Å². The highest BCUT2D eigenvalue weighted by atomic mass is 79.9. The minimum Gasteiger partial charge on any atom is -0.481 e. The normalized spacial score (nSPS) is 11.9. The fourth-order valence-corrected chi connectivity index (χ4v) is 1.81. The maximum Gasteiger partial charge on any atom is 0.308 e. The fraction of sp³-hybridized carbons (Fsp3) is 0.214. The first-order valence-electron chi connectivity index (χ1n) is 6.11. The van der Waals surface area contributed by atoms with Gasteiger partial charge in [0, 0.05) is 29.0 Å². The maximum absolute atomic E-state index is 10.7. The smallest absolute Gasteiger partial charge is 0.308 e. The van der Waals surface area contributed by atoms with E-state index in [1.807, 2.05) is 24.3 Å². The average Bonchev–Trinajstić information content (AvgIpc) is 2.46. The zero-order valence-electron chi connectivity index (χ0n) is 10.9. The third kappa shape index (κ3) is 3.77. The molecule has 0 saturated carbocycles. The van der Waals surface area contributed by atoms with Crippen molar-refractivity contribution in [1.29, 1.82) is 0 Å². The molecule has 0 saturated heterocycles. The molecule has 2 aromatic rings. The van der Waals surface area contributed by atoms with Crippen molar-refractivity contribution in [3.63, 3.8) is 0 Å². The molecule has 2 N–H and O–H groups in total. The van der Waals surface area contributed by atoms with Crippen molar-refractivity contribution in [2.45, 2.75) is 6.92 Å². The summed E-state index contributed by atoms with van der Waals surface area (Å²) in [7, 11) is 0. The Labute approximate surface area is 125 Å². The van der Waals surface area contributed by atoms with Gasteiger partial charge in [0.05, 0.1) is 5.92 Å². The van der Waals surface area contributed by atoms with Gasteiger partial charge in [0.2, 0.25) is 5.95 Å². The number of hydrogen-bond donors (Lipinski definition) is 2. The molecule has 1 unspecified atom stereocenters. The summed E-state index contributed by atoms with van der Waals surface area (Å²) < 4.78 is 1.02. The van der Waals surface area contributed by atoms with Crippen LogP contribution in [0.2, 0.25) is 0 Å². The van der Waals surface area contributed by atoms with E-state index in [9.17, 15) is 4.79 Å². The van der Waals surface area contributed by atoms with Gasteiger partial charge in [-0.1, -0.05) is 35.0 Å². The number of carboxylic acid groups (broad SMARTS) is 1. The van der Waals surface area contributed by atoms with E-state index in [4.69, 9.17) is 5.11 Å². The van der Waals surface area contributed by atoms with E-state index in [1.54, 1.807) is 19.3 Å². The molecule has 1 aromatic heterocycles. The van der Waals surface area contributed by atoms with Crippen LogP contribution >= 0.6 is 15.9 Å². The van der Waals surface area contributed by atoms with Crippen LogP contribution in [-0.2, 0) is 4.79 Å². The van der Waals surface area contributed by atoms with E-state index >= 15 is 0 Å². The molecule has 0 aliphatic heterocycles. The number of rotatable bonds is 5. The number of benzene rings is 1. The lowest BCUT2D eigenvalue weighted by Crippen LogP contribution is -2.20. The highest BCUT2D eigenvalue weighted by Crippen LogP contribution is 2.20. The van der Waals surface area contributed by atoms with Gasteiger partial charge in [-0.25, -0.2) is 9.97 Å². The Morgan fingerprint density at radius 3 is 2.40 bits per heavy atom. The average molecular weight is 336 g/mol. The van der Waals surface area contributed by atoms with Crippen LogP contribution < -0.4 is 5.32 Å². The Kier molecular flexibility index (Phi) is 4.68. The second-order valence-corrected chi connectivity index (χ2v) is 5.34. The Balaban J connectivity index is 2.03. The first-order chi connectivity index (χ1) is 9.56. The second kappa shape index (κ2) is 6.47. The Morgan fingerprint density at radius 1 is 1.25 bits per heavy atom. The van der Waals surface area contributed by atoms with Gasteiger partial charge in [0.1, 0.15) is 0 Å². The molecule has 104 valence electrons. The van der Waals surface area contributed by atoms with Crippen molar-refractivity contribution in [3.8, 4) is 11.1 Å². The summed E-state index contributed by atoms with van der Waals surface area (Å²) in [4.78, 5) is 19.1. The van der Waals surface area contributed by atoms with Crippen LogP contribution in [0, 0.1) is 5.92 Å². The fourth-order valence-electron chi connectivity index (χ4n) is 1.54. The van der Waals surface area contributed by atoms with Gasteiger partial charge in [-0.3, -0.25) is 4.79 Å². The molecule has 0 spiro atoms. The summed E-state index contributed by atoms with van der Waals surface area (Å²) in [5.74, 6) is -0.896. The van der Waals surface area contributed by atoms with Gasteiger partial charge in [-0.05, 0) is 17.7 Å². The van der Waals surface area contributed by atoms with Gasteiger partial charge in [0.15, 0.2) is 0 Å². The van der Waals surface area contributed by atoms with Crippen LogP contribution in [0.25, 0.3) is 11.1 Å². The zero-order chi connectivity index (χ0) is 14.5. The van der Waals surface area contributed by atoms with Crippen molar-refractivity contribution < 1.29 is 9.90 Å². The summed E-state index contributed by atoms with van der Waals surface area (Å²) >= 11 is 3.39. The number of aromatic nitrogens is 2. The number of aliphatic carboxylic acids is 1. The van der Waals surface area contributed by atoms with Crippen molar-refractivity contribution in [1.82, 2.24) is 9.97 Å². The number of nitrogens with one attached hydrogen (secondary N) is 1. The summed E-state index contributed by atoms with van der Waals surface area (Å²) in [6.45, 7) is 1.93. The first kappa shape index (κ1) is 14.5. The van der Waals surface area contributed by atoms with E-state index in [-0.39, 0.29) is 0 Å². The molecule has 2 rings (SSSR count). The number of carbonyl (C=O) groups is 1. The zero-order valence-corrected chi connectivity index (χ0v) is 12.5. The number of hydrogen-bond acceptors (Lipinski definition) is 4. The van der Waals surface area contributed by atoms with Crippen LogP contribution in [0.3, 0.4) is 0 Å². The van der Waals surface area contributed by atoms with Crippen molar-refractivity contribution in [2.75, 3.05) is 11.9 Å². The molecule has 0 fully saturated rings. The monoisotopic (exact) mass is 335 g/mol. The molecular weight excluding hydrogens is 322 g/mol. The third-order valence-electron chi connectivity index (χ3n) is 2.82. The molecule has 20 heavy (non-hydrogen) atoms. The van der Waals surface area contributed by atoms with Crippen molar-refractivity contribution >= 4 is 27.8 Å². The third-order valence-corrected chi connectivity index (χ3v) is 3.35. The van der Waals surface area contributed by atoms with E-state index in [2.05, 4.69) is 31.2 Å². The summed E-state index contributed by atoms with van der Waals surface area (Å²) in [5.41, 5.74) is 1.94. The predicted octanol–water partition coefficient (Wildman–Crippen LogP) is 3.04. The summed E-state index contributed by atoms with van der Waals surface area (Å²) in [6, 6.07) is 7.86. The van der Waals surface area contributed by atoms with Gasteiger partial charge in [0.25, 0.3) is 0 Å². The standard InChI is InChI=1S/C14H14BrN3O2/c1-9(13(19)20)6-16-14-17-7-11(8-18-14)10-2-4-12(15)5-3-10/h2-5,7-9H,6H2,1H3,(H,19,20)(H,16,17,18). The van der Waals surface area contributed by atoms with E-state index in [1.165, 1.54) is 0 Å². The summed E-state index contributed by atoms with van der Waals surface area (Å²) in [5, 5.41) is 11.7. The SMILES string of the molecule is CC(CNc1ncc(-c2ccc(Br)cc2)cn1)C(=O)O. The number of halogens is 1. The Hall–Kier alpha value is -1.95. The first-order valence-corrected chi connectivity index (χ1v) is 6.90. The van der Waals surface area contributed by atoms with Crippen molar-refractivity contribution in [2.24, 2.45) is 5.92 Å². The lowest BCUT2D eigenvalue weighted by atomic mass is 10.1. The van der Waals surface area contributed by atoms with Crippen molar-refractivity contribution in [3.05, 3.63) is 41.1 Å². The van der Waals surface area contributed by atoms with Crippen LogP contribution in [0.15, 0.2) is 41.1 Å². The highest BCUT2D eigenvalue weighted by Gasteiger charge is 2.10. The minimum atomic E-state index is -0.844. The van der Waals surface area contributed by atoms with Gasteiger partial charge < -0.3 is 10.4 Å². The lowest BCUT2D eigenvalue weighted by Gasteiger charge is -2.08. The molecule has 6 heteroatoms. The number of anilines is 1. The molecule has 1 heterocycles. The van der Waals surface area contributed by atoms with Crippen LogP contribution in [0.5, 0.6) is 0 Å². The molecule has 0 aliphatic carbocycles. The largest absolute Gasteiger partial charge is 0.481 e. The quantitative estimate of drug-likeness (QED) is 0.878. The molecule has 0 aliphatic rings. The molecular formula is C14H14BrN3O2. The van der Waals surface area contributed by atoms with E-state index in [0.29, 0.717) is 12.5 Å². The molecule has 0 bridgehead atoms. The van der Waals surface area contributed by atoms with Crippen LogP contribution in [0.1, 0.15) is 6.92 Å². The topological polar surface area (TPSA) is 75.1 Å². The molecule has 0 amide bonds. The molecule has 5 nitrogen and oxygen atoms in total. The number of carboxylic acids is 1. The van der Waals surface area contributed by atoms with E-state index in [0.717, 1.165) is 15.6 Å².